The maximum Gasteiger partial charge on any atom is 0.417 e. The molecule has 26 heavy (non-hydrogen) atoms. The number of thiophene rings is 1. The fourth-order valence-electron chi connectivity index (χ4n) is 3.43. The number of aromatic nitrogens is 2. The lowest BCUT2D eigenvalue weighted by atomic mass is 9.93. The van der Waals surface area contributed by atoms with Crippen LogP contribution in [0.2, 0.25) is 0 Å². The van der Waals surface area contributed by atoms with Crippen LogP contribution in [0.3, 0.4) is 0 Å². The predicted molar refractivity (Wildman–Crippen MR) is 96.1 cm³/mol. The summed E-state index contributed by atoms with van der Waals surface area (Å²) in [6, 6.07) is 9.14. The van der Waals surface area contributed by atoms with Crippen molar-refractivity contribution < 1.29 is 13.2 Å². The van der Waals surface area contributed by atoms with Crippen LogP contribution >= 0.6 is 11.3 Å². The summed E-state index contributed by atoms with van der Waals surface area (Å²) >= 11 is 1.40. The van der Waals surface area contributed by atoms with Gasteiger partial charge in [0.15, 0.2) is 0 Å². The number of halogens is 3. The van der Waals surface area contributed by atoms with Crippen LogP contribution in [0.1, 0.15) is 34.9 Å². The Morgan fingerprint density at radius 3 is 2.62 bits per heavy atom. The van der Waals surface area contributed by atoms with Gasteiger partial charge in [0.05, 0.1) is 15.8 Å². The molecule has 1 fully saturated rings. The lowest BCUT2D eigenvalue weighted by molar-refractivity contribution is -0.137. The summed E-state index contributed by atoms with van der Waals surface area (Å²) in [7, 11) is 0. The van der Waals surface area contributed by atoms with Gasteiger partial charge in [-0.3, -0.25) is 14.9 Å². The molecule has 1 aliphatic heterocycles. The molecule has 0 radical (unpaired) electrons. The van der Waals surface area contributed by atoms with Crippen LogP contribution in [0.5, 0.6) is 0 Å². The van der Waals surface area contributed by atoms with E-state index in [9.17, 15) is 13.2 Å². The summed E-state index contributed by atoms with van der Waals surface area (Å²) in [6.45, 7) is 2.70. The first kappa shape index (κ1) is 17.4. The molecule has 3 nitrogen and oxygen atoms in total. The van der Waals surface area contributed by atoms with Crippen LogP contribution in [-0.2, 0) is 12.7 Å². The number of likely N-dealkylation sites (tertiary alicyclic amines) is 1. The molecule has 0 aliphatic carbocycles. The summed E-state index contributed by atoms with van der Waals surface area (Å²) in [5, 5.41) is 0. The third-order valence-corrected chi connectivity index (χ3v) is 5.88. The minimum absolute atomic E-state index is 0.492. The van der Waals surface area contributed by atoms with Crippen LogP contribution in [0.25, 0.3) is 10.2 Å². The Balaban J connectivity index is 1.42. The minimum Gasteiger partial charge on any atom is -0.298 e. The Bertz CT molecular complexity index is 884. The van der Waals surface area contributed by atoms with Crippen LogP contribution in [0.4, 0.5) is 13.2 Å². The number of piperidine rings is 1. The van der Waals surface area contributed by atoms with Gasteiger partial charge < -0.3 is 0 Å². The molecular formula is C19H18F3N3S. The molecule has 0 saturated carbocycles. The van der Waals surface area contributed by atoms with E-state index < -0.39 is 11.7 Å². The van der Waals surface area contributed by atoms with Crippen molar-refractivity contribution in [2.45, 2.75) is 31.5 Å². The first-order chi connectivity index (χ1) is 12.5. The third-order valence-electron chi connectivity index (χ3n) is 4.82. The molecule has 0 N–H and O–H groups in total. The molecule has 1 aliphatic rings. The van der Waals surface area contributed by atoms with Crippen molar-refractivity contribution in [1.82, 2.24) is 14.9 Å². The molecule has 4 rings (SSSR count). The Morgan fingerprint density at radius 2 is 1.92 bits per heavy atom. The Labute approximate surface area is 153 Å². The van der Waals surface area contributed by atoms with Crippen molar-refractivity contribution in [2.24, 2.45) is 0 Å². The van der Waals surface area contributed by atoms with E-state index in [-0.39, 0.29) is 0 Å². The number of pyridine rings is 2. The zero-order valence-corrected chi connectivity index (χ0v) is 14.9. The minimum atomic E-state index is -4.35. The average molecular weight is 377 g/mol. The van der Waals surface area contributed by atoms with Crippen LogP contribution < -0.4 is 0 Å². The first-order valence-electron chi connectivity index (χ1n) is 8.58. The van der Waals surface area contributed by atoms with Crippen molar-refractivity contribution in [2.75, 3.05) is 13.1 Å². The predicted octanol–water partition coefficient (Wildman–Crippen LogP) is 5.09. The molecule has 1 saturated heterocycles. The van der Waals surface area contributed by atoms with Gasteiger partial charge in [-0.15, -0.1) is 11.3 Å². The van der Waals surface area contributed by atoms with Gasteiger partial charge in [-0.05, 0) is 50.2 Å². The second-order valence-corrected chi connectivity index (χ2v) is 7.79. The maximum absolute atomic E-state index is 12.8. The highest BCUT2D eigenvalue weighted by Crippen LogP contribution is 2.34. The Kier molecular flexibility index (Phi) is 4.67. The van der Waals surface area contributed by atoms with E-state index in [0.29, 0.717) is 16.1 Å². The van der Waals surface area contributed by atoms with E-state index >= 15 is 0 Å². The Hall–Kier alpha value is -1.99. The van der Waals surface area contributed by atoms with E-state index in [1.54, 1.807) is 0 Å². The SMILES string of the molecule is FC(F)(F)c1cnc2cc(CN3CCC(c4ccccn4)CC3)sc2c1. The monoisotopic (exact) mass is 377 g/mol. The van der Waals surface area contributed by atoms with Crippen molar-refractivity contribution in [1.29, 1.82) is 0 Å². The number of rotatable bonds is 3. The van der Waals surface area contributed by atoms with Gasteiger partial charge in [-0.25, -0.2) is 0 Å². The summed E-state index contributed by atoms with van der Waals surface area (Å²) in [4.78, 5) is 11.8. The number of alkyl halides is 3. The fraction of sp³-hybridized carbons (Fsp3) is 0.368. The Morgan fingerprint density at radius 1 is 1.12 bits per heavy atom. The summed E-state index contributed by atoms with van der Waals surface area (Å²) < 4.78 is 39.1. The zero-order valence-electron chi connectivity index (χ0n) is 14.0. The standard InChI is InChI=1S/C19H18F3N3S/c20-19(21,22)14-9-18-17(24-11-14)10-15(26-18)12-25-7-4-13(5-8-25)16-3-1-2-6-23-16/h1-3,6,9-11,13H,4-5,7-8,12H2. The van der Waals surface area contributed by atoms with Crippen molar-refractivity contribution >= 4 is 21.6 Å². The summed E-state index contributed by atoms with van der Waals surface area (Å²) in [6.07, 6.45) is 0.508. The average Bonchev–Trinajstić information content (AvgIpc) is 3.04. The zero-order chi connectivity index (χ0) is 18.1. The van der Waals surface area contributed by atoms with E-state index in [1.165, 1.54) is 17.4 Å². The normalized spacial score (nSPS) is 17.0. The van der Waals surface area contributed by atoms with Crippen LogP contribution in [-0.4, -0.2) is 28.0 Å². The largest absolute Gasteiger partial charge is 0.417 e. The first-order valence-corrected chi connectivity index (χ1v) is 9.39. The second kappa shape index (κ2) is 6.96. The molecule has 0 amide bonds. The van der Waals surface area contributed by atoms with E-state index in [4.69, 9.17) is 0 Å². The summed E-state index contributed by atoms with van der Waals surface area (Å²) in [5.41, 5.74) is 1.11. The van der Waals surface area contributed by atoms with Gasteiger partial charge >= 0.3 is 6.18 Å². The molecule has 3 aromatic rings. The van der Waals surface area contributed by atoms with Gasteiger partial charge in [0.25, 0.3) is 0 Å². The van der Waals surface area contributed by atoms with E-state index in [1.807, 2.05) is 24.4 Å². The molecule has 0 spiro atoms. The number of hydrogen-bond acceptors (Lipinski definition) is 4. The molecule has 4 heterocycles. The van der Waals surface area contributed by atoms with Gasteiger partial charge in [-0.1, -0.05) is 6.07 Å². The highest BCUT2D eigenvalue weighted by molar-refractivity contribution is 7.19. The topological polar surface area (TPSA) is 29.0 Å². The number of nitrogens with zero attached hydrogens (tertiary/aromatic N) is 3. The van der Waals surface area contributed by atoms with Gasteiger partial charge in [0.1, 0.15) is 0 Å². The lowest BCUT2D eigenvalue weighted by Crippen LogP contribution is -2.32. The quantitative estimate of drug-likeness (QED) is 0.637. The maximum atomic E-state index is 12.8. The van der Waals surface area contributed by atoms with E-state index in [2.05, 4.69) is 20.9 Å². The number of hydrogen-bond donors (Lipinski definition) is 0. The number of fused-ring (bicyclic) bond motifs is 1. The van der Waals surface area contributed by atoms with Crippen LogP contribution in [0.15, 0.2) is 42.7 Å². The molecule has 0 bridgehead atoms. The smallest absolute Gasteiger partial charge is 0.298 e. The van der Waals surface area contributed by atoms with Gasteiger partial charge in [0, 0.05) is 35.4 Å². The van der Waals surface area contributed by atoms with Crippen LogP contribution in [0, 0.1) is 0 Å². The molecule has 3 aromatic heterocycles. The molecule has 0 unspecified atom stereocenters. The molecule has 0 atom stereocenters. The highest BCUT2D eigenvalue weighted by Gasteiger charge is 2.31. The lowest BCUT2D eigenvalue weighted by Gasteiger charge is -2.31. The van der Waals surface area contributed by atoms with E-state index in [0.717, 1.165) is 49.2 Å². The van der Waals surface area contributed by atoms with Crippen molar-refractivity contribution in [3.63, 3.8) is 0 Å². The summed E-state index contributed by atoms with van der Waals surface area (Å²) in [5.74, 6) is 0.492. The third kappa shape index (κ3) is 3.73. The molecule has 7 heteroatoms. The van der Waals surface area contributed by atoms with Gasteiger partial charge in [0.2, 0.25) is 0 Å². The molecule has 136 valence electrons. The molecule has 0 aromatic carbocycles. The van der Waals surface area contributed by atoms with Crippen molar-refractivity contribution in [3.8, 4) is 0 Å². The van der Waals surface area contributed by atoms with Crippen molar-refractivity contribution in [3.05, 3.63) is 58.9 Å². The van der Waals surface area contributed by atoms with Gasteiger partial charge in [-0.2, -0.15) is 13.2 Å². The molecular weight excluding hydrogens is 359 g/mol. The fourth-order valence-corrected chi connectivity index (χ4v) is 4.53. The highest BCUT2D eigenvalue weighted by atomic mass is 32.1. The second-order valence-electron chi connectivity index (χ2n) is 6.62.